The van der Waals surface area contributed by atoms with Gasteiger partial charge in [-0.25, -0.2) is 4.79 Å². The lowest BCUT2D eigenvalue weighted by atomic mass is 10.0. The normalized spacial score (nSPS) is 10.8. The summed E-state index contributed by atoms with van der Waals surface area (Å²) >= 11 is 0. The van der Waals surface area contributed by atoms with E-state index in [-0.39, 0.29) is 5.78 Å². The van der Waals surface area contributed by atoms with Crippen molar-refractivity contribution in [3.8, 4) is 5.75 Å². The first-order valence-electron chi connectivity index (χ1n) is 7.58. The minimum atomic E-state index is -0.598. The average molecular weight is 327 g/mol. The third-order valence-electron chi connectivity index (χ3n) is 3.13. The van der Waals surface area contributed by atoms with Crippen molar-refractivity contribution >= 4 is 17.6 Å². The van der Waals surface area contributed by atoms with Crippen LogP contribution in [-0.4, -0.2) is 24.6 Å². The van der Waals surface area contributed by atoms with Gasteiger partial charge < -0.3 is 9.47 Å². The third kappa shape index (κ3) is 4.59. The van der Waals surface area contributed by atoms with Crippen molar-refractivity contribution in [1.29, 1.82) is 0 Å². The Morgan fingerprint density at radius 1 is 1.00 bits per heavy atom. The summed E-state index contributed by atoms with van der Waals surface area (Å²) in [5, 5.41) is 2.63. The molecule has 0 aliphatic carbocycles. The number of ketones is 1. The van der Waals surface area contributed by atoms with Crippen LogP contribution >= 0.6 is 0 Å². The molecule has 0 aromatic heterocycles. The molecular weight excluding hydrogens is 306 g/mol. The first-order chi connectivity index (χ1) is 11.3. The molecule has 5 heteroatoms. The smallest absolute Gasteiger partial charge is 0.412 e. The fraction of sp³-hybridized carbons (Fsp3) is 0.263. The number of amides is 1. The van der Waals surface area contributed by atoms with Crippen molar-refractivity contribution < 1.29 is 19.1 Å². The quantitative estimate of drug-likeness (QED) is 0.852. The Hall–Kier alpha value is -2.82. The largest absolute Gasteiger partial charge is 0.496 e. The predicted octanol–water partition coefficient (Wildman–Crippen LogP) is 4.27. The van der Waals surface area contributed by atoms with Gasteiger partial charge in [-0.05, 0) is 39.0 Å². The highest BCUT2D eigenvalue weighted by molar-refractivity contribution is 6.11. The maximum Gasteiger partial charge on any atom is 0.412 e. The van der Waals surface area contributed by atoms with Crippen molar-refractivity contribution in [2.24, 2.45) is 0 Å². The second-order valence-corrected chi connectivity index (χ2v) is 6.24. The van der Waals surface area contributed by atoms with Crippen LogP contribution in [0.4, 0.5) is 10.5 Å². The second-order valence-electron chi connectivity index (χ2n) is 6.24. The molecule has 2 aromatic carbocycles. The Labute approximate surface area is 141 Å². The number of hydrogen-bond acceptors (Lipinski definition) is 4. The molecule has 24 heavy (non-hydrogen) atoms. The van der Waals surface area contributed by atoms with Gasteiger partial charge in [0.25, 0.3) is 0 Å². The zero-order valence-corrected chi connectivity index (χ0v) is 14.3. The molecule has 0 aliphatic heterocycles. The van der Waals surface area contributed by atoms with E-state index >= 15 is 0 Å². The van der Waals surface area contributed by atoms with Gasteiger partial charge in [-0.15, -0.1) is 0 Å². The SMILES string of the molecule is COc1ccc(NC(=O)OC(C)(C)C)cc1C(=O)c1ccccc1. The Bertz CT molecular complexity index is 733. The number of hydrogen-bond donors (Lipinski definition) is 1. The van der Waals surface area contributed by atoms with E-state index in [9.17, 15) is 9.59 Å². The van der Waals surface area contributed by atoms with Gasteiger partial charge in [0.15, 0.2) is 5.78 Å². The van der Waals surface area contributed by atoms with E-state index in [4.69, 9.17) is 9.47 Å². The summed E-state index contributed by atoms with van der Waals surface area (Å²) < 4.78 is 10.5. The number of carbonyl (C=O) groups is 2. The standard InChI is InChI=1S/C19H21NO4/c1-19(2,3)24-18(22)20-14-10-11-16(23-4)15(12-14)17(21)13-8-6-5-7-9-13/h5-12H,1-4H3,(H,20,22). The van der Waals surface area contributed by atoms with Crippen LogP contribution in [-0.2, 0) is 4.74 Å². The number of ether oxygens (including phenoxy) is 2. The lowest BCUT2D eigenvalue weighted by molar-refractivity contribution is 0.0635. The molecule has 0 spiro atoms. The number of nitrogens with one attached hydrogen (secondary N) is 1. The minimum Gasteiger partial charge on any atom is -0.496 e. The van der Waals surface area contributed by atoms with Gasteiger partial charge in [0.2, 0.25) is 0 Å². The van der Waals surface area contributed by atoms with E-state index in [1.165, 1.54) is 7.11 Å². The van der Waals surface area contributed by atoms with Crippen LogP contribution in [0.2, 0.25) is 0 Å². The Morgan fingerprint density at radius 3 is 2.25 bits per heavy atom. The highest BCUT2D eigenvalue weighted by Crippen LogP contribution is 2.25. The van der Waals surface area contributed by atoms with Crippen LogP contribution in [0.15, 0.2) is 48.5 Å². The van der Waals surface area contributed by atoms with Crippen molar-refractivity contribution in [3.05, 3.63) is 59.7 Å². The summed E-state index contributed by atoms with van der Waals surface area (Å²) in [5.41, 5.74) is 0.783. The van der Waals surface area contributed by atoms with E-state index in [0.29, 0.717) is 22.6 Å². The first-order valence-corrected chi connectivity index (χ1v) is 7.58. The summed E-state index contributed by atoms with van der Waals surface area (Å²) in [4.78, 5) is 24.6. The van der Waals surface area contributed by atoms with Crippen LogP contribution in [0.25, 0.3) is 0 Å². The van der Waals surface area contributed by atoms with E-state index in [1.54, 1.807) is 63.2 Å². The molecule has 0 unspecified atom stereocenters. The topological polar surface area (TPSA) is 64.6 Å². The van der Waals surface area contributed by atoms with Gasteiger partial charge in [-0.3, -0.25) is 10.1 Å². The molecule has 0 atom stereocenters. The van der Waals surface area contributed by atoms with Gasteiger partial charge in [0.1, 0.15) is 11.4 Å². The van der Waals surface area contributed by atoms with Crippen molar-refractivity contribution in [2.45, 2.75) is 26.4 Å². The summed E-state index contributed by atoms with van der Waals surface area (Å²) in [6.45, 7) is 5.35. The number of rotatable bonds is 4. The van der Waals surface area contributed by atoms with Crippen LogP contribution < -0.4 is 10.1 Å². The van der Waals surface area contributed by atoms with Gasteiger partial charge in [0.05, 0.1) is 12.7 Å². The van der Waals surface area contributed by atoms with Crippen molar-refractivity contribution in [3.63, 3.8) is 0 Å². The highest BCUT2D eigenvalue weighted by Gasteiger charge is 2.18. The van der Waals surface area contributed by atoms with Crippen LogP contribution in [0.1, 0.15) is 36.7 Å². The zero-order chi connectivity index (χ0) is 17.7. The van der Waals surface area contributed by atoms with Gasteiger partial charge in [-0.2, -0.15) is 0 Å². The maximum atomic E-state index is 12.7. The van der Waals surface area contributed by atoms with Crippen LogP contribution in [0, 0.1) is 0 Å². The number of anilines is 1. The van der Waals surface area contributed by atoms with Crippen LogP contribution in [0.3, 0.4) is 0 Å². The molecular formula is C19H21NO4. The summed E-state index contributed by atoms with van der Waals surface area (Å²) in [7, 11) is 1.50. The molecule has 0 saturated heterocycles. The summed E-state index contributed by atoms with van der Waals surface area (Å²) in [6.07, 6.45) is -0.578. The molecule has 1 amide bonds. The fourth-order valence-corrected chi connectivity index (χ4v) is 2.13. The molecule has 2 rings (SSSR count). The average Bonchev–Trinajstić information content (AvgIpc) is 2.53. The molecule has 0 radical (unpaired) electrons. The number of benzene rings is 2. The fourth-order valence-electron chi connectivity index (χ4n) is 2.13. The van der Waals surface area contributed by atoms with E-state index in [2.05, 4.69) is 5.32 Å². The molecule has 1 N–H and O–H groups in total. The van der Waals surface area contributed by atoms with Gasteiger partial charge >= 0.3 is 6.09 Å². The third-order valence-corrected chi connectivity index (χ3v) is 3.13. The van der Waals surface area contributed by atoms with E-state index in [1.807, 2.05) is 6.07 Å². The zero-order valence-electron chi connectivity index (χ0n) is 14.3. The molecule has 0 aliphatic rings. The highest BCUT2D eigenvalue weighted by atomic mass is 16.6. The molecule has 0 fully saturated rings. The van der Waals surface area contributed by atoms with E-state index in [0.717, 1.165) is 0 Å². The second kappa shape index (κ2) is 7.17. The Morgan fingerprint density at radius 2 is 1.67 bits per heavy atom. The maximum absolute atomic E-state index is 12.7. The van der Waals surface area contributed by atoms with Crippen molar-refractivity contribution in [1.82, 2.24) is 0 Å². The van der Waals surface area contributed by atoms with Gasteiger partial charge in [0, 0.05) is 11.3 Å². The Kier molecular flexibility index (Phi) is 5.24. The lowest BCUT2D eigenvalue weighted by Crippen LogP contribution is -2.27. The summed E-state index contributed by atoms with van der Waals surface area (Å²) in [5.74, 6) is 0.263. The van der Waals surface area contributed by atoms with E-state index < -0.39 is 11.7 Å². The van der Waals surface area contributed by atoms with Gasteiger partial charge in [-0.1, -0.05) is 30.3 Å². The molecule has 5 nitrogen and oxygen atoms in total. The number of methoxy groups -OCH3 is 1. The minimum absolute atomic E-state index is 0.180. The molecule has 0 bridgehead atoms. The monoisotopic (exact) mass is 327 g/mol. The molecule has 126 valence electrons. The lowest BCUT2D eigenvalue weighted by Gasteiger charge is -2.20. The number of carbonyl (C=O) groups excluding carboxylic acids is 2. The molecule has 2 aromatic rings. The predicted molar refractivity (Wildman–Crippen MR) is 92.7 cm³/mol. The van der Waals surface area contributed by atoms with Crippen molar-refractivity contribution in [2.75, 3.05) is 12.4 Å². The molecule has 0 saturated carbocycles. The molecule has 0 heterocycles. The summed E-state index contributed by atoms with van der Waals surface area (Å²) in [6, 6.07) is 13.8. The Balaban J connectivity index is 2.28. The van der Waals surface area contributed by atoms with Crippen LogP contribution in [0.5, 0.6) is 5.75 Å². The first kappa shape index (κ1) is 17.5.